The van der Waals surface area contributed by atoms with Crippen molar-refractivity contribution in [2.75, 3.05) is 0 Å². The molecule has 1 rings (SSSR count). The summed E-state index contributed by atoms with van der Waals surface area (Å²) in [7, 11) is 0. The molecule has 0 heterocycles. The van der Waals surface area contributed by atoms with Crippen molar-refractivity contribution in [1.82, 2.24) is 0 Å². The van der Waals surface area contributed by atoms with Gasteiger partial charge in [-0.3, -0.25) is 0 Å². The minimum absolute atomic E-state index is 0.277. The molecule has 0 spiro atoms. The second-order valence-corrected chi connectivity index (χ2v) is 6.79. The summed E-state index contributed by atoms with van der Waals surface area (Å²) in [6.45, 7) is -0.0262. The van der Waals surface area contributed by atoms with Crippen molar-refractivity contribution >= 4 is 25.7 Å². The van der Waals surface area contributed by atoms with E-state index < -0.39 is 6.72 Å². The molecule has 2 nitrogen and oxygen atoms in total. The molecule has 1 aromatic rings. The van der Waals surface area contributed by atoms with Crippen molar-refractivity contribution in [2.24, 2.45) is 0 Å². The zero-order valence-corrected chi connectivity index (χ0v) is 8.63. The Morgan fingerprint density at radius 3 is 2.64 bits per heavy atom. The number of aryl methyl sites for hydroxylation is 1. The Balaban J connectivity index is 2.86. The Labute approximate surface area is 72.3 Å². The van der Waals surface area contributed by atoms with Gasteiger partial charge in [-0.15, -0.1) is 0 Å². The summed E-state index contributed by atoms with van der Waals surface area (Å²) >= 11 is -0.277. The van der Waals surface area contributed by atoms with Crippen LogP contribution in [-0.4, -0.2) is 19.4 Å². The first-order chi connectivity index (χ1) is 5.20. The summed E-state index contributed by atoms with van der Waals surface area (Å²) in [4.78, 5) is 8.67. The molecule has 0 aliphatic carbocycles. The molecule has 0 bridgehead atoms. The molecule has 11 heavy (non-hydrogen) atoms. The van der Waals surface area contributed by atoms with Gasteiger partial charge in [0.15, 0.2) is 0 Å². The van der Waals surface area contributed by atoms with Crippen molar-refractivity contribution in [3.05, 3.63) is 29.8 Å². The fourth-order valence-corrected chi connectivity index (χ4v) is 3.77. The summed E-state index contributed by atoms with van der Waals surface area (Å²) in [6.07, 6.45) is 0. The van der Waals surface area contributed by atoms with Crippen LogP contribution in [0.2, 0.25) is 0 Å². The first-order valence-corrected chi connectivity index (χ1v) is 7.38. The molecule has 4 heteroatoms. The van der Waals surface area contributed by atoms with Gasteiger partial charge in [0.2, 0.25) is 0 Å². The predicted octanol–water partition coefficient (Wildman–Crippen LogP) is 0.974. The Hall–Kier alpha value is -0.201. The van der Waals surface area contributed by atoms with E-state index in [0.717, 1.165) is 10.0 Å². The van der Waals surface area contributed by atoms with Crippen LogP contribution in [0.5, 0.6) is 0 Å². The van der Waals surface area contributed by atoms with E-state index in [1.807, 2.05) is 31.2 Å². The van der Waals surface area contributed by atoms with Gasteiger partial charge in [-0.1, -0.05) is 0 Å². The number of hydrogen-bond acceptors (Lipinski definition) is 1. The standard InChI is InChI=1S/C7H7O2PSe/c1-6-4-2-3-5-7(6)11-10(8)9/h2-5H,1H3/p+1. The van der Waals surface area contributed by atoms with E-state index in [1.54, 1.807) is 0 Å². The molecule has 0 radical (unpaired) electrons. The normalized spacial score (nSPS) is 11.3. The van der Waals surface area contributed by atoms with Crippen LogP contribution in [0.4, 0.5) is 0 Å². The van der Waals surface area contributed by atoms with Crippen molar-refractivity contribution in [2.45, 2.75) is 6.92 Å². The molecular formula is C7H8O2PSe+. The van der Waals surface area contributed by atoms with Crippen LogP contribution in [0.25, 0.3) is 0 Å². The molecule has 0 saturated heterocycles. The van der Waals surface area contributed by atoms with E-state index in [0.29, 0.717) is 0 Å². The van der Waals surface area contributed by atoms with Crippen molar-refractivity contribution in [3.63, 3.8) is 0 Å². The van der Waals surface area contributed by atoms with Gasteiger partial charge < -0.3 is 0 Å². The molecule has 0 amide bonds. The monoisotopic (exact) mass is 235 g/mol. The first-order valence-electron chi connectivity index (χ1n) is 3.10. The van der Waals surface area contributed by atoms with Gasteiger partial charge in [0.25, 0.3) is 0 Å². The first kappa shape index (κ1) is 8.89. The second-order valence-electron chi connectivity index (χ2n) is 2.09. The second kappa shape index (κ2) is 3.98. The SMILES string of the molecule is Cc1ccccc1[Se][P+](=O)O. The van der Waals surface area contributed by atoms with Crippen LogP contribution in [-0.2, 0) is 4.57 Å². The Kier molecular flexibility index (Phi) is 3.22. The Morgan fingerprint density at radius 2 is 2.09 bits per heavy atom. The van der Waals surface area contributed by atoms with Gasteiger partial charge in [-0.2, -0.15) is 0 Å². The topological polar surface area (TPSA) is 37.3 Å². The summed E-state index contributed by atoms with van der Waals surface area (Å²) in [6, 6.07) is 7.68. The van der Waals surface area contributed by atoms with Crippen LogP contribution in [0.1, 0.15) is 5.56 Å². The molecule has 1 unspecified atom stereocenters. The van der Waals surface area contributed by atoms with Crippen LogP contribution >= 0.6 is 6.72 Å². The Bertz CT molecular complexity index is 275. The summed E-state index contributed by atoms with van der Waals surface area (Å²) in [5, 5.41) is 0. The minimum atomic E-state index is -1.98. The van der Waals surface area contributed by atoms with E-state index in [4.69, 9.17) is 4.89 Å². The van der Waals surface area contributed by atoms with E-state index in [-0.39, 0.29) is 14.5 Å². The van der Waals surface area contributed by atoms with Gasteiger partial charge in [-0.05, 0) is 0 Å². The third-order valence-corrected chi connectivity index (χ3v) is 4.81. The van der Waals surface area contributed by atoms with E-state index >= 15 is 0 Å². The molecule has 58 valence electrons. The van der Waals surface area contributed by atoms with E-state index in [1.165, 1.54) is 0 Å². The average molecular weight is 234 g/mol. The van der Waals surface area contributed by atoms with Crippen molar-refractivity contribution < 1.29 is 9.46 Å². The van der Waals surface area contributed by atoms with Crippen molar-refractivity contribution in [3.8, 4) is 0 Å². The summed E-state index contributed by atoms with van der Waals surface area (Å²) < 4.78 is 11.5. The van der Waals surface area contributed by atoms with Gasteiger partial charge in [0, 0.05) is 0 Å². The molecule has 0 aliphatic heterocycles. The van der Waals surface area contributed by atoms with Gasteiger partial charge >= 0.3 is 71.9 Å². The molecule has 0 aromatic heterocycles. The van der Waals surface area contributed by atoms with E-state index in [9.17, 15) is 4.57 Å². The van der Waals surface area contributed by atoms with Gasteiger partial charge in [0.05, 0.1) is 0 Å². The van der Waals surface area contributed by atoms with Crippen LogP contribution in [0.15, 0.2) is 24.3 Å². The van der Waals surface area contributed by atoms with Crippen LogP contribution in [0, 0.1) is 6.92 Å². The predicted molar refractivity (Wildman–Crippen MR) is 46.4 cm³/mol. The molecule has 1 N–H and O–H groups in total. The summed E-state index contributed by atoms with van der Waals surface area (Å²) in [5.41, 5.74) is 1.10. The van der Waals surface area contributed by atoms with Crippen molar-refractivity contribution in [1.29, 1.82) is 0 Å². The Morgan fingerprint density at radius 1 is 1.45 bits per heavy atom. The molecular weight excluding hydrogens is 226 g/mol. The average Bonchev–Trinajstić information content (AvgIpc) is 1.93. The number of rotatable bonds is 2. The molecule has 1 atom stereocenters. The molecule has 0 saturated carbocycles. The fraction of sp³-hybridized carbons (Fsp3) is 0.143. The molecule has 0 aliphatic rings. The number of benzene rings is 1. The molecule has 0 fully saturated rings. The van der Waals surface area contributed by atoms with Crippen LogP contribution < -0.4 is 4.46 Å². The fourth-order valence-electron chi connectivity index (χ4n) is 0.743. The van der Waals surface area contributed by atoms with Gasteiger partial charge in [0.1, 0.15) is 0 Å². The number of hydrogen-bond donors (Lipinski definition) is 1. The zero-order chi connectivity index (χ0) is 8.27. The van der Waals surface area contributed by atoms with E-state index in [2.05, 4.69) is 0 Å². The quantitative estimate of drug-likeness (QED) is 0.611. The third kappa shape index (κ3) is 2.72. The summed E-state index contributed by atoms with van der Waals surface area (Å²) in [5.74, 6) is 0. The van der Waals surface area contributed by atoms with Crippen LogP contribution in [0.3, 0.4) is 0 Å². The van der Waals surface area contributed by atoms with Gasteiger partial charge in [-0.25, -0.2) is 0 Å². The maximum atomic E-state index is 10.5. The zero-order valence-electron chi connectivity index (χ0n) is 6.02. The maximum absolute atomic E-state index is 10.5. The molecule has 1 aromatic carbocycles. The third-order valence-electron chi connectivity index (χ3n) is 1.27.